The Morgan fingerprint density at radius 2 is 1.94 bits per heavy atom. The van der Waals surface area contributed by atoms with Crippen LogP contribution in [0.1, 0.15) is 25.3 Å². The number of hydrogen-bond acceptors (Lipinski definition) is 1. The molecule has 0 N–H and O–H groups in total. The highest BCUT2D eigenvalue weighted by molar-refractivity contribution is 5.69. The first-order valence-electron chi connectivity index (χ1n) is 5.93. The third kappa shape index (κ3) is 2.21. The van der Waals surface area contributed by atoms with Crippen LogP contribution in [0.2, 0.25) is 0 Å². The molecule has 0 aliphatic heterocycles. The summed E-state index contributed by atoms with van der Waals surface area (Å²) in [5, 5.41) is 0. The molecule has 2 rings (SSSR count). The standard InChI is InChI=1S/C15H19NO/c1-11(2)12-7-8-15(17-4)13(10-12)14-6-5-9-16(14)3/h5-11H,1-4H3. The van der Waals surface area contributed by atoms with Crippen molar-refractivity contribution in [2.45, 2.75) is 19.8 Å². The Kier molecular flexibility index (Phi) is 3.23. The van der Waals surface area contributed by atoms with Gasteiger partial charge in [-0.05, 0) is 35.7 Å². The van der Waals surface area contributed by atoms with E-state index < -0.39 is 0 Å². The highest BCUT2D eigenvalue weighted by Gasteiger charge is 2.10. The van der Waals surface area contributed by atoms with Crippen molar-refractivity contribution in [1.82, 2.24) is 4.57 Å². The maximum absolute atomic E-state index is 5.45. The van der Waals surface area contributed by atoms with E-state index in [4.69, 9.17) is 4.74 Å². The van der Waals surface area contributed by atoms with Crippen molar-refractivity contribution < 1.29 is 4.74 Å². The minimum Gasteiger partial charge on any atom is -0.496 e. The number of methoxy groups -OCH3 is 1. The summed E-state index contributed by atoms with van der Waals surface area (Å²) < 4.78 is 7.56. The van der Waals surface area contributed by atoms with E-state index in [1.165, 1.54) is 11.3 Å². The molecule has 0 aliphatic carbocycles. The number of benzene rings is 1. The number of ether oxygens (including phenoxy) is 1. The topological polar surface area (TPSA) is 14.2 Å². The summed E-state index contributed by atoms with van der Waals surface area (Å²) in [6.07, 6.45) is 2.05. The van der Waals surface area contributed by atoms with Crippen LogP contribution >= 0.6 is 0 Å². The van der Waals surface area contributed by atoms with Crippen LogP contribution in [0.25, 0.3) is 11.3 Å². The monoisotopic (exact) mass is 229 g/mol. The van der Waals surface area contributed by atoms with Gasteiger partial charge in [-0.25, -0.2) is 0 Å². The van der Waals surface area contributed by atoms with Gasteiger partial charge in [-0.1, -0.05) is 19.9 Å². The van der Waals surface area contributed by atoms with Crippen molar-refractivity contribution in [3.63, 3.8) is 0 Å². The molecule has 1 aromatic carbocycles. The molecule has 0 unspecified atom stereocenters. The van der Waals surface area contributed by atoms with E-state index in [2.05, 4.69) is 62.0 Å². The van der Waals surface area contributed by atoms with Gasteiger partial charge in [0, 0.05) is 18.8 Å². The van der Waals surface area contributed by atoms with Gasteiger partial charge in [0.2, 0.25) is 0 Å². The first-order valence-corrected chi connectivity index (χ1v) is 5.93. The van der Waals surface area contributed by atoms with Crippen LogP contribution in [0.4, 0.5) is 0 Å². The zero-order valence-corrected chi connectivity index (χ0v) is 10.9. The van der Waals surface area contributed by atoms with Gasteiger partial charge in [0.05, 0.1) is 12.8 Å². The summed E-state index contributed by atoms with van der Waals surface area (Å²) in [4.78, 5) is 0. The number of rotatable bonds is 3. The maximum Gasteiger partial charge on any atom is 0.128 e. The molecule has 90 valence electrons. The molecule has 2 aromatic rings. The van der Waals surface area contributed by atoms with Gasteiger partial charge in [0.15, 0.2) is 0 Å². The molecule has 1 heterocycles. The zero-order valence-electron chi connectivity index (χ0n) is 10.9. The fourth-order valence-corrected chi connectivity index (χ4v) is 2.03. The normalized spacial score (nSPS) is 10.9. The molecule has 2 heteroatoms. The molecular weight excluding hydrogens is 210 g/mol. The van der Waals surface area contributed by atoms with Crippen molar-refractivity contribution in [3.8, 4) is 17.0 Å². The second-order valence-electron chi connectivity index (χ2n) is 4.62. The smallest absolute Gasteiger partial charge is 0.128 e. The summed E-state index contributed by atoms with van der Waals surface area (Å²) in [6, 6.07) is 10.6. The number of aromatic nitrogens is 1. The van der Waals surface area contributed by atoms with E-state index in [0.29, 0.717) is 5.92 Å². The van der Waals surface area contributed by atoms with Crippen molar-refractivity contribution in [3.05, 3.63) is 42.1 Å². The lowest BCUT2D eigenvalue weighted by molar-refractivity contribution is 0.416. The third-order valence-corrected chi connectivity index (χ3v) is 3.11. The van der Waals surface area contributed by atoms with Gasteiger partial charge in [0.25, 0.3) is 0 Å². The second-order valence-corrected chi connectivity index (χ2v) is 4.62. The van der Waals surface area contributed by atoms with Gasteiger partial charge in [-0.3, -0.25) is 0 Å². The molecule has 17 heavy (non-hydrogen) atoms. The Morgan fingerprint density at radius 1 is 1.18 bits per heavy atom. The first-order chi connectivity index (χ1) is 8.13. The quantitative estimate of drug-likeness (QED) is 0.780. The highest BCUT2D eigenvalue weighted by Crippen LogP contribution is 2.32. The lowest BCUT2D eigenvalue weighted by Crippen LogP contribution is -1.96. The molecule has 0 saturated heterocycles. The summed E-state index contributed by atoms with van der Waals surface area (Å²) in [5.74, 6) is 1.45. The third-order valence-electron chi connectivity index (χ3n) is 3.11. The van der Waals surface area contributed by atoms with E-state index in [0.717, 1.165) is 11.3 Å². The average molecular weight is 229 g/mol. The van der Waals surface area contributed by atoms with E-state index in [-0.39, 0.29) is 0 Å². The summed E-state index contributed by atoms with van der Waals surface area (Å²) >= 11 is 0. The molecular formula is C15H19NO. The van der Waals surface area contributed by atoms with Crippen molar-refractivity contribution >= 4 is 0 Å². The maximum atomic E-state index is 5.45. The minimum absolute atomic E-state index is 0.528. The molecule has 0 amide bonds. The summed E-state index contributed by atoms with van der Waals surface area (Å²) in [5.41, 5.74) is 3.68. The van der Waals surface area contributed by atoms with Crippen LogP contribution in [0.15, 0.2) is 36.5 Å². The Bertz CT molecular complexity index is 511. The second kappa shape index (κ2) is 4.66. The first kappa shape index (κ1) is 11.8. The molecule has 0 bridgehead atoms. The molecule has 0 atom stereocenters. The predicted molar refractivity (Wildman–Crippen MR) is 71.5 cm³/mol. The Morgan fingerprint density at radius 3 is 2.47 bits per heavy atom. The van der Waals surface area contributed by atoms with E-state index in [9.17, 15) is 0 Å². The van der Waals surface area contributed by atoms with Gasteiger partial charge in [-0.15, -0.1) is 0 Å². The fraction of sp³-hybridized carbons (Fsp3) is 0.333. The number of aryl methyl sites for hydroxylation is 1. The largest absolute Gasteiger partial charge is 0.496 e. The van der Waals surface area contributed by atoms with Crippen LogP contribution in [0.3, 0.4) is 0 Å². The SMILES string of the molecule is COc1ccc(C(C)C)cc1-c1cccn1C. The molecule has 0 fully saturated rings. The Hall–Kier alpha value is -1.70. The minimum atomic E-state index is 0.528. The number of nitrogens with zero attached hydrogens (tertiary/aromatic N) is 1. The van der Waals surface area contributed by atoms with Crippen LogP contribution in [0, 0.1) is 0 Å². The van der Waals surface area contributed by atoms with Crippen LogP contribution in [-0.4, -0.2) is 11.7 Å². The van der Waals surface area contributed by atoms with E-state index in [1.807, 2.05) is 0 Å². The molecule has 0 aliphatic rings. The summed E-state index contributed by atoms with van der Waals surface area (Å²) in [6.45, 7) is 4.41. The van der Waals surface area contributed by atoms with E-state index >= 15 is 0 Å². The van der Waals surface area contributed by atoms with Crippen LogP contribution < -0.4 is 4.74 Å². The molecule has 0 radical (unpaired) electrons. The lowest BCUT2D eigenvalue weighted by Gasteiger charge is -2.13. The molecule has 0 spiro atoms. The zero-order chi connectivity index (χ0) is 12.4. The molecule has 0 saturated carbocycles. The van der Waals surface area contributed by atoms with Gasteiger partial charge < -0.3 is 9.30 Å². The van der Waals surface area contributed by atoms with E-state index in [1.54, 1.807) is 7.11 Å². The fourth-order valence-electron chi connectivity index (χ4n) is 2.03. The molecule has 1 aromatic heterocycles. The average Bonchev–Trinajstić information content (AvgIpc) is 2.74. The summed E-state index contributed by atoms with van der Waals surface area (Å²) in [7, 11) is 3.77. The van der Waals surface area contributed by atoms with Crippen molar-refractivity contribution in [1.29, 1.82) is 0 Å². The van der Waals surface area contributed by atoms with Crippen LogP contribution in [0.5, 0.6) is 5.75 Å². The van der Waals surface area contributed by atoms with Crippen molar-refractivity contribution in [2.75, 3.05) is 7.11 Å². The van der Waals surface area contributed by atoms with Crippen molar-refractivity contribution in [2.24, 2.45) is 7.05 Å². The van der Waals surface area contributed by atoms with Gasteiger partial charge in [0.1, 0.15) is 5.75 Å². The van der Waals surface area contributed by atoms with Crippen LogP contribution in [-0.2, 0) is 7.05 Å². The Labute approximate surface area is 103 Å². The Balaban J connectivity index is 2.57. The van der Waals surface area contributed by atoms with Gasteiger partial charge >= 0.3 is 0 Å². The number of hydrogen-bond donors (Lipinski definition) is 0. The lowest BCUT2D eigenvalue weighted by atomic mass is 9.99. The highest BCUT2D eigenvalue weighted by atomic mass is 16.5. The molecule has 2 nitrogen and oxygen atoms in total. The predicted octanol–water partition coefficient (Wildman–Crippen LogP) is 3.82. The van der Waals surface area contributed by atoms with Gasteiger partial charge in [-0.2, -0.15) is 0 Å².